The zero-order chi connectivity index (χ0) is 12.8. The SMILES string of the molecule is CCCN(CCC)c1cc(C)c([C@H](C)O)cn1. The van der Waals surface area contributed by atoms with Crippen molar-refractivity contribution in [3.8, 4) is 0 Å². The number of aliphatic hydroxyl groups is 1. The van der Waals surface area contributed by atoms with Gasteiger partial charge < -0.3 is 10.0 Å². The molecule has 0 spiro atoms. The van der Waals surface area contributed by atoms with E-state index in [1.165, 1.54) is 0 Å². The molecule has 0 aliphatic heterocycles. The number of anilines is 1. The number of nitrogens with zero attached hydrogens (tertiary/aromatic N) is 2. The van der Waals surface area contributed by atoms with Gasteiger partial charge in [0.05, 0.1) is 6.10 Å². The van der Waals surface area contributed by atoms with Crippen LogP contribution in [0.3, 0.4) is 0 Å². The molecule has 1 heterocycles. The highest BCUT2D eigenvalue weighted by atomic mass is 16.3. The smallest absolute Gasteiger partial charge is 0.128 e. The molecule has 3 nitrogen and oxygen atoms in total. The third-order valence-corrected chi connectivity index (χ3v) is 2.90. The zero-order valence-electron chi connectivity index (χ0n) is 11.4. The van der Waals surface area contributed by atoms with E-state index in [1.54, 1.807) is 13.1 Å². The third-order valence-electron chi connectivity index (χ3n) is 2.90. The lowest BCUT2D eigenvalue weighted by molar-refractivity contribution is 0.198. The first-order valence-electron chi connectivity index (χ1n) is 6.49. The maximum absolute atomic E-state index is 9.59. The van der Waals surface area contributed by atoms with Crippen LogP contribution in [-0.2, 0) is 0 Å². The van der Waals surface area contributed by atoms with Gasteiger partial charge in [0, 0.05) is 24.8 Å². The van der Waals surface area contributed by atoms with Crippen molar-refractivity contribution >= 4 is 5.82 Å². The van der Waals surface area contributed by atoms with Crippen LogP contribution in [0.4, 0.5) is 5.82 Å². The Hall–Kier alpha value is -1.09. The number of aryl methyl sites for hydroxylation is 1. The molecule has 1 N–H and O–H groups in total. The van der Waals surface area contributed by atoms with Gasteiger partial charge in [0.25, 0.3) is 0 Å². The van der Waals surface area contributed by atoms with Crippen LogP contribution in [-0.4, -0.2) is 23.2 Å². The van der Waals surface area contributed by atoms with E-state index in [-0.39, 0.29) is 0 Å². The van der Waals surface area contributed by atoms with E-state index in [1.807, 2.05) is 6.92 Å². The molecule has 3 heteroatoms. The maximum Gasteiger partial charge on any atom is 0.128 e. The van der Waals surface area contributed by atoms with Gasteiger partial charge in [-0.05, 0) is 38.3 Å². The van der Waals surface area contributed by atoms with Gasteiger partial charge in [0.2, 0.25) is 0 Å². The summed E-state index contributed by atoms with van der Waals surface area (Å²) in [6.45, 7) is 10.2. The standard InChI is InChI=1S/C14H24N2O/c1-5-7-16(8-6-2)14-9-11(3)13(10-15-14)12(4)17/h9-10,12,17H,5-8H2,1-4H3/t12-/m0/s1. The molecule has 0 aromatic carbocycles. The van der Waals surface area contributed by atoms with E-state index in [0.29, 0.717) is 0 Å². The van der Waals surface area contributed by atoms with Crippen molar-refractivity contribution in [3.05, 3.63) is 23.4 Å². The molecule has 1 atom stereocenters. The molecule has 17 heavy (non-hydrogen) atoms. The van der Waals surface area contributed by atoms with Crippen molar-refractivity contribution in [2.75, 3.05) is 18.0 Å². The van der Waals surface area contributed by atoms with Crippen LogP contribution in [0.15, 0.2) is 12.3 Å². The Morgan fingerprint density at radius 1 is 1.29 bits per heavy atom. The second-order valence-corrected chi connectivity index (χ2v) is 4.56. The summed E-state index contributed by atoms with van der Waals surface area (Å²) in [6.07, 6.45) is 3.60. The largest absolute Gasteiger partial charge is 0.389 e. The predicted octanol–water partition coefficient (Wildman–Crippen LogP) is 3.07. The topological polar surface area (TPSA) is 36.4 Å². The van der Waals surface area contributed by atoms with Crippen LogP contribution in [0.5, 0.6) is 0 Å². The molecule has 96 valence electrons. The summed E-state index contributed by atoms with van der Waals surface area (Å²) in [7, 11) is 0. The Morgan fingerprint density at radius 2 is 1.88 bits per heavy atom. The zero-order valence-corrected chi connectivity index (χ0v) is 11.4. The van der Waals surface area contributed by atoms with Crippen LogP contribution in [0.1, 0.15) is 50.8 Å². The molecule has 1 aromatic rings. The molecule has 1 rings (SSSR count). The fraction of sp³-hybridized carbons (Fsp3) is 0.643. The van der Waals surface area contributed by atoms with Crippen molar-refractivity contribution in [2.24, 2.45) is 0 Å². The molecule has 0 aliphatic rings. The van der Waals surface area contributed by atoms with Crippen molar-refractivity contribution < 1.29 is 5.11 Å². The molecule has 0 unspecified atom stereocenters. The van der Waals surface area contributed by atoms with Crippen LogP contribution < -0.4 is 4.90 Å². The minimum Gasteiger partial charge on any atom is -0.389 e. The summed E-state index contributed by atoms with van der Waals surface area (Å²) < 4.78 is 0. The average Bonchev–Trinajstić information content (AvgIpc) is 2.28. The summed E-state index contributed by atoms with van der Waals surface area (Å²) >= 11 is 0. The number of pyridine rings is 1. The Morgan fingerprint density at radius 3 is 2.29 bits per heavy atom. The van der Waals surface area contributed by atoms with Gasteiger partial charge in [0.15, 0.2) is 0 Å². The first kappa shape index (κ1) is 14.0. The monoisotopic (exact) mass is 236 g/mol. The molecule has 0 aliphatic carbocycles. The third kappa shape index (κ3) is 3.70. The van der Waals surface area contributed by atoms with E-state index in [0.717, 1.165) is 42.9 Å². The van der Waals surface area contributed by atoms with Gasteiger partial charge in [-0.2, -0.15) is 0 Å². The molecule has 0 radical (unpaired) electrons. The lowest BCUT2D eigenvalue weighted by Crippen LogP contribution is -2.26. The highest BCUT2D eigenvalue weighted by molar-refractivity contribution is 5.43. The Kier molecular flexibility index (Phi) is 5.42. The second kappa shape index (κ2) is 6.60. The molecule has 0 amide bonds. The van der Waals surface area contributed by atoms with Crippen molar-refractivity contribution in [1.82, 2.24) is 4.98 Å². The predicted molar refractivity (Wildman–Crippen MR) is 72.4 cm³/mol. The Labute approximate surface area is 104 Å². The number of hydrogen-bond donors (Lipinski definition) is 1. The normalized spacial score (nSPS) is 12.5. The van der Waals surface area contributed by atoms with Gasteiger partial charge in [-0.15, -0.1) is 0 Å². The summed E-state index contributed by atoms with van der Waals surface area (Å²) in [5.41, 5.74) is 2.03. The number of aliphatic hydroxyl groups excluding tert-OH is 1. The van der Waals surface area contributed by atoms with E-state index in [2.05, 4.69) is 29.8 Å². The second-order valence-electron chi connectivity index (χ2n) is 4.56. The summed E-state index contributed by atoms with van der Waals surface area (Å²) in [4.78, 5) is 6.77. The molecular weight excluding hydrogens is 212 g/mol. The summed E-state index contributed by atoms with van der Waals surface area (Å²) in [5.74, 6) is 1.02. The van der Waals surface area contributed by atoms with Gasteiger partial charge in [-0.1, -0.05) is 13.8 Å². The number of rotatable bonds is 6. The minimum atomic E-state index is -0.442. The van der Waals surface area contributed by atoms with Crippen LogP contribution >= 0.6 is 0 Å². The highest BCUT2D eigenvalue weighted by Gasteiger charge is 2.10. The molecule has 0 saturated carbocycles. The van der Waals surface area contributed by atoms with E-state index in [9.17, 15) is 5.11 Å². The quantitative estimate of drug-likeness (QED) is 0.824. The van der Waals surface area contributed by atoms with Crippen LogP contribution in [0.25, 0.3) is 0 Å². The first-order valence-corrected chi connectivity index (χ1v) is 6.49. The van der Waals surface area contributed by atoms with Gasteiger partial charge in [-0.3, -0.25) is 0 Å². The Bertz CT molecular complexity index is 344. The summed E-state index contributed by atoms with van der Waals surface area (Å²) in [6, 6.07) is 2.08. The molecule has 0 bridgehead atoms. The van der Waals surface area contributed by atoms with E-state index >= 15 is 0 Å². The lowest BCUT2D eigenvalue weighted by atomic mass is 10.1. The highest BCUT2D eigenvalue weighted by Crippen LogP contribution is 2.21. The number of aromatic nitrogens is 1. The minimum absolute atomic E-state index is 0.442. The fourth-order valence-electron chi connectivity index (χ4n) is 2.04. The Balaban J connectivity index is 2.93. The van der Waals surface area contributed by atoms with Gasteiger partial charge >= 0.3 is 0 Å². The van der Waals surface area contributed by atoms with Crippen LogP contribution in [0, 0.1) is 6.92 Å². The lowest BCUT2D eigenvalue weighted by Gasteiger charge is -2.23. The average molecular weight is 236 g/mol. The van der Waals surface area contributed by atoms with Crippen molar-refractivity contribution in [1.29, 1.82) is 0 Å². The first-order chi connectivity index (χ1) is 8.10. The van der Waals surface area contributed by atoms with E-state index in [4.69, 9.17) is 0 Å². The van der Waals surface area contributed by atoms with Crippen molar-refractivity contribution in [3.63, 3.8) is 0 Å². The van der Waals surface area contributed by atoms with Gasteiger partial charge in [0.1, 0.15) is 5.82 Å². The molecule has 0 saturated heterocycles. The molecule has 1 aromatic heterocycles. The maximum atomic E-state index is 9.59. The summed E-state index contributed by atoms with van der Waals surface area (Å²) in [5, 5.41) is 9.59. The molecule has 0 fully saturated rings. The van der Waals surface area contributed by atoms with Crippen molar-refractivity contribution in [2.45, 2.75) is 46.6 Å². The van der Waals surface area contributed by atoms with Gasteiger partial charge in [-0.25, -0.2) is 4.98 Å². The van der Waals surface area contributed by atoms with E-state index < -0.39 is 6.10 Å². The number of hydrogen-bond acceptors (Lipinski definition) is 3. The van der Waals surface area contributed by atoms with Crippen LogP contribution in [0.2, 0.25) is 0 Å². The fourth-order valence-corrected chi connectivity index (χ4v) is 2.04. The molecular formula is C14H24N2O.